The fourth-order valence-electron chi connectivity index (χ4n) is 2.65. The number of amides is 1. The number of carboxylic acid groups (broad SMARTS) is 1. The van der Waals surface area contributed by atoms with Crippen molar-refractivity contribution in [1.82, 2.24) is 15.1 Å². The number of carbonyl (C=O) groups excluding carboxylic acids is 1. The molecule has 6 nitrogen and oxygen atoms in total. The lowest BCUT2D eigenvalue weighted by Crippen LogP contribution is -2.54. The highest BCUT2D eigenvalue weighted by atomic mass is 16.4. The van der Waals surface area contributed by atoms with Crippen molar-refractivity contribution in [3.05, 3.63) is 18.5 Å². The Morgan fingerprint density at radius 2 is 2.16 bits per heavy atom. The quantitative estimate of drug-likeness (QED) is 0.841. The molecule has 0 aliphatic heterocycles. The van der Waals surface area contributed by atoms with Crippen LogP contribution in [0.2, 0.25) is 0 Å². The molecule has 1 atom stereocenters. The van der Waals surface area contributed by atoms with E-state index in [9.17, 15) is 14.7 Å². The predicted molar refractivity (Wildman–Crippen MR) is 68.5 cm³/mol. The number of carbonyl (C=O) groups is 2. The number of nitrogens with one attached hydrogen (secondary N) is 1. The molecule has 0 unspecified atom stereocenters. The Morgan fingerprint density at radius 1 is 1.47 bits per heavy atom. The first kappa shape index (κ1) is 13.6. The van der Waals surface area contributed by atoms with E-state index in [4.69, 9.17) is 0 Å². The summed E-state index contributed by atoms with van der Waals surface area (Å²) in [5.41, 5.74) is -1.09. The second kappa shape index (κ2) is 5.42. The molecule has 1 amide bonds. The van der Waals surface area contributed by atoms with Gasteiger partial charge in [-0.2, -0.15) is 5.10 Å². The smallest absolute Gasteiger partial charge is 0.329 e. The second-order valence-corrected chi connectivity index (χ2v) is 4.99. The first-order chi connectivity index (χ1) is 9.09. The Hall–Kier alpha value is -1.85. The minimum Gasteiger partial charge on any atom is -0.480 e. The molecule has 0 saturated heterocycles. The van der Waals surface area contributed by atoms with E-state index in [-0.39, 0.29) is 5.91 Å². The highest BCUT2D eigenvalue weighted by Crippen LogP contribution is 2.30. The van der Waals surface area contributed by atoms with Crippen molar-refractivity contribution >= 4 is 11.9 Å². The summed E-state index contributed by atoms with van der Waals surface area (Å²) in [6.45, 7) is 1.88. The molecule has 2 N–H and O–H groups in total. The van der Waals surface area contributed by atoms with E-state index < -0.39 is 17.6 Å². The molecule has 0 radical (unpaired) electrons. The Kier molecular flexibility index (Phi) is 3.87. The first-order valence-electron chi connectivity index (χ1n) is 6.63. The zero-order valence-corrected chi connectivity index (χ0v) is 11.0. The van der Waals surface area contributed by atoms with Gasteiger partial charge in [-0.05, 0) is 25.3 Å². The van der Waals surface area contributed by atoms with Crippen LogP contribution in [0.5, 0.6) is 0 Å². The predicted octanol–water partition coefficient (Wildman–Crippen LogP) is 1.35. The molecular weight excluding hydrogens is 246 g/mol. The molecule has 1 aliphatic rings. The van der Waals surface area contributed by atoms with Gasteiger partial charge in [0.15, 0.2) is 0 Å². The zero-order chi connectivity index (χ0) is 13.9. The number of nitrogens with zero attached hydrogens (tertiary/aromatic N) is 2. The Morgan fingerprint density at radius 3 is 2.63 bits per heavy atom. The van der Waals surface area contributed by atoms with Crippen molar-refractivity contribution in [1.29, 1.82) is 0 Å². The lowest BCUT2D eigenvalue weighted by atomic mass is 9.97. The Labute approximate surface area is 111 Å². The molecule has 6 heteroatoms. The van der Waals surface area contributed by atoms with Gasteiger partial charge in [-0.1, -0.05) is 19.8 Å². The number of hydrogen-bond acceptors (Lipinski definition) is 3. The maximum atomic E-state index is 12.3. The number of hydrogen-bond donors (Lipinski definition) is 2. The summed E-state index contributed by atoms with van der Waals surface area (Å²) in [6, 6.07) is 1.30. The standard InChI is InChI=1S/C13H19N3O3/c1-2-10(16-9-5-8-14-16)11(17)15-13(12(18)19)6-3-4-7-13/h5,8-10H,2-4,6-7H2,1H3,(H,15,17)(H,18,19)/t10-/m0/s1. The minimum atomic E-state index is -1.09. The fraction of sp³-hybridized carbons (Fsp3) is 0.615. The van der Waals surface area contributed by atoms with Gasteiger partial charge in [0, 0.05) is 12.4 Å². The van der Waals surface area contributed by atoms with Crippen molar-refractivity contribution in [2.24, 2.45) is 0 Å². The maximum absolute atomic E-state index is 12.3. The van der Waals surface area contributed by atoms with Crippen LogP contribution in [0.4, 0.5) is 0 Å². The van der Waals surface area contributed by atoms with Gasteiger partial charge < -0.3 is 10.4 Å². The summed E-state index contributed by atoms with van der Waals surface area (Å²) in [5, 5.41) is 16.2. The van der Waals surface area contributed by atoms with Crippen LogP contribution in [0.15, 0.2) is 18.5 Å². The van der Waals surface area contributed by atoms with Crippen molar-refractivity contribution in [3.8, 4) is 0 Å². The van der Waals surface area contributed by atoms with E-state index in [0.717, 1.165) is 12.8 Å². The minimum absolute atomic E-state index is 0.268. The highest BCUT2D eigenvalue weighted by Gasteiger charge is 2.43. The van der Waals surface area contributed by atoms with Crippen molar-refractivity contribution in [2.75, 3.05) is 0 Å². The molecule has 19 heavy (non-hydrogen) atoms. The normalized spacial score (nSPS) is 19.0. The average Bonchev–Trinajstić information content (AvgIpc) is 3.01. The van der Waals surface area contributed by atoms with Crippen LogP contribution in [0.3, 0.4) is 0 Å². The fourth-order valence-corrected chi connectivity index (χ4v) is 2.65. The molecular formula is C13H19N3O3. The average molecular weight is 265 g/mol. The van der Waals surface area contributed by atoms with E-state index in [0.29, 0.717) is 19.3 Å². The van der Waals surface area contributed by atoms with Crippen molar-refractivity contribution in [3.63, 3.8) is 0 Å². The third-order valence-electron chi connectivity index (χ3n) is 3.76. The summed E-state index contributed by atoms with van der Waals surface area (Å²) in [5.74, 6) is -1.20. The molecule has 0 spiro atoms. The Bertz CT molecular complexity index is 450. The SMILES string of the molecule is CC[C@@H](C(=O)NC1(C(=O)O)CCCC1)n1cccn1. The summed E-state index contributed by atoms with van der Waals surface area (Å²) in [7, 11) is 0. The van der Waals surface area contributed by atoms with E-state index in [1.54, 1.807) is 23.1 Å². The Balaban J connectivity index is 2.13. The monoisotopic (exact) mass is 265 g/mol. The van der Waals surface area contributed by atoms with Crippen molar-refractivity contribution in [2.45, 2.75) is 50.6 Å². The molecule has 1 fully saturated rings. The van der Waals surface area contributed by atoms with Gasteiger partial charge >= 0.3 is 5.97 Å². The van der Waals surface area contributed by atoms with Gasteiger partial charge in [0.1, 0.15) is 11.6 Å². The molecule has 1 aliphatic carbocycles. The number of carboxylic acids is 1. The zero-order valence-electron chi connectivity index (χ0n) is 11.0. The van der Waals surface area contributed by atoms with Gasteiger partial charge in [0.2, 0.25) is 5.91 Å². The van der Waals surface area contributed by atoms with Crippen molar-refractivity contribution < 1.29 is 14.7 Å². The van der Waals surface area contributed by atoms with E-state index in [1.807, 2.05) is 6.92 Å². The van der Waals surface area contributed by atoms with Gasteiger partial charge in [-0.25, -0.2) is 4.79 Å². The van der Waals surface area contributed by atoms with E-state index in [2.05, 4.69) is 10.4 Å². The molecule has 104 valence electrons. The first-order valence-corrected chi connectivity index (χ1v) is 6.63. The van der Waals surface area contributed by atoms with Crippen LogP contribution in [-0.4, -0.2) is 32.3 Å². The van der Waals surface area contributed by atoms with Gasteiger partial charge in [0.05, 0.1) is 0 Å². The largest absolute Gasteiger partial charge is 0.480 e. The summed E-state index contributed by atoms with van der Waals surface area (Å²) < 4.78 is 1.57. The molecule has 1 aromatic heterocycles. The topological polar surface area (TPSA) is 84.2 Å². The van der Waals surface area contributed by atoms with Gasteiger partial charge in [0.25, 0.3) is 0 Å². The lowest BCUT2D eigenvalue weighted by molar-refractivity contribution is -0.148. The summed E-state index contributed by atoms with van der Waals surface area (Å²) >= 11 is 0. The van der Waals surface area contributed by atoms with Crippen LogP contribution in [0.25, 0.3) is 0 Å². The maximum Gasteiger partial charge on any atom is 0.329 e. The van der Waals surface area contributed by atoms with Crippen LogP contribution < -0.4 is 5.32 Å². The molecule has 1 heterocycles. The number of aliphatic carboxylic acids is 1. The molecule has 0 bridgehead atoms. The van der Waals surface area contributed by atoms with Crippen LogP contribution in [-0.2, 0) is 9.59 Å². The molecule has 1 aromatic rings. The third-order valence-corrected chi connectivity index (χ3v) is 3.76. The van der Waals surface area contributed by atoms with Gasteiger partial charge in [-0.15, -0.1) is 0 Å². The molecule has 1 saturated carbocycles. The van der Waals surface area contributed by atoms with Crippen LogP contribution in [0, 0.1) is 0 Å². The number of aromatic nitrogens is 2. The lowest BCUT2D eigenvalue weighted by Gasteiger charge is -2.27. The van der Waals surface area contributed by atoms with E-state index >= 15 is 0 Å². The van der Waals surface area contributed by atoms with Gasteiger partial charge in [-0.3, -0.25) is 9.48 Å². The highest BCUT2D eigenvalue weighted by molar-refractivity contribution is 5.89. The van der Waals surface area contributed by atoms with E-state index in [1.165, 1.54) is 0 Å². The molecule has 2 rings (SSSR count). The molecule has 0 aromatic carbocycles. The second-order valence-electron chi connectivity index (χ2n) is 4.99. The summed E-state index contributed by atoms with van der Waals surface area (Å²) in [4.78, 5) is 23.7. The van der Waals surface area contributed by atoms with Crippen LogP contribution >= 0.6 is 0 Å². The summed E-state index contributed by atoms with van der Waals surface area (Å²) in [6.07, 6.45) is 6.58. The van der Waals surface area contributed by atoms with Crippen LogP contribution in [0.1, 0.15) is 45.1 Å². The third kappa shape index (κ3) is 2.62. The number of rotatable bonds is 5.